The second kappa shape index (κ2) is 30.9. The first-order valence-corrected chi connectivity index (χ1v) is 53.1. The van der Waals surface area contributed by atoms with E-state index in [4.69, 9.17) is 4.42 Å². The number of allylic oxidation sites excluding steroid dienone is 12. The van der Waals surface area contributed by atoms with Crippen LogP contribution in [0.3, 0.4) is 0 Å². The third kappa shape index (κ3) is 11.9. The molecule has 0 bridgehead atoms. The highest BCUT2D eigenvalue weighted by atomic mass is 32.1. The predicted molar refractivity (Wildman–Crippen MR) is 618 cm³/mol. The molecule has 145 heavy (non-hydrogen) atoms. The van der Waals surface area contributed by atoms with Crippen molar-refractivity contribution >= 4 is 266 Å². The SMILES string of the molecule is C1=CCC2C(=C1)C1=CC=C(N(c3ccc4sc5ccccc5c4c3)c3cc4c5ccccc5n5c6ccccc6c(c3)c45)CC1c1ccccc12.C1=CCC2C(=C1)n1c3ccccc3c3cc(N(c4ccc5c(c4)oc4ccccc45)c4ccc5sc6ccccc6c5c4)cc2c31.CC1(C)c2ccccc2-c2ccc(N(c3ccc4sc5ccccc5c4c3)c3cc4c5ccccc5n5c6ccccc6c(c3)c45)cc21. The molecule has 0 fully saturated rings. The third-order valence-corrected chi connectivity index (χ3v) is 36.2. The number of para-hydroxylation sites is 6. The number of fused-ring (bicyclic) bond motifs is 39. The molecule has 34 rings (SSSR count). The van der Waals surface area contributed by atoms with E-state index < -0.39 is 0 Å². The lowest BCUT2D eigenvalue weighted by Gasteiger charge is -2.41. The number of anilines is 8. The smallest absolute Gasteiger partial charge is 0.137 e. The molecular formula is C135H88N6OS3. The fraction of sp³-hybridized carbons (Fsp3) is 0.0667. The van der Waals surface area contributed by atoms with Crippen molar-refractivity contribution in [1.82, 2.24) is 13.4 Å². The molecule has 19 aromatic carbocycles. The zero-order valence-electron chi connectivity index (χ0n) is 79.3. The number of thiophene rings is 3. The predicted octanol–water partition coefficient (Wildman–Crippen LogP) is 38.7. The van der Waals surface area contributed by atoms with E-state index in [1.165, 1.54) is 248 Å². The van der Waals surface area contributed by atoms with E-state index in [1.807, 2.05) is 40.1 Å². The summed E-state index contributed by atoms with van der Waals surface area (Å²) < 4.78 is 21.8. The van der Waals surface area contributed by atoms with Crippen LogP contribution in [0.25, 0.3) is 197 Å². The monoisotopic (exact) mass is 1900 g/mol. The van der Waals surface area contributed by atoms with Crippen LogP contribution in [-0.4, -0.2) is 13.4 Å². The molecule has 0 N–H and O–H groups in total. The van der Waals surface area contributed by atoms with Crippen molar-refractivity contribution in [2.75, 3.05) is 14.7 Å². The van der Waals surface area contributed by atoms with Crippen molar-refractivity contribution in [3.05, 3.63) is 488 Å². The lowest BCUT2D eigenvalue weighted by Crippen LogP contribution is -2.26. The van der Waals surface area contributed by atoms with E-state index in [1.54, 1.807) is 0 Å². The summed E-state index contributed by atoms with van der Waals surface area (Å²) in [5.74, 6) is 1.10. The molecule has 0 radical (unpaired) electrons. The van der Waals surface area contributed by atoms with Crippen LogP contribution in [0.1, 0.15) is 78.7 Å². The Bertz CT molecular complexity index is 10500. The number of hydrogen-bond acceptors (Lipinski definition) is 7. The topological polar surface area (TPSA) is 36.6 Å². The molecule has 3 atom stereocenters. The van der Waals surface area contributed by atoms with Gasteiger partial charge in [0.05, 0.1) is 44.1 Å². The Kier molecular flexibility index (Phi) is 17.4. The summed E-state index contributed by atoms with van der Waals surface area (Å²) in [6, 6.07) is 147. The molecule has 5 aliphatic carbocycles. The average molecular weight is 1910 g/mol. The van der Waals surface area contributed by atoms with Crippen LogP contribution >= 0.6 is 34.0 Å². The van der Waals surface area contributed by atoms with Gasteiger partial charge in [0, 0.05) is 211 Å². The standard InChI is InChI=1S/C48H32N2S.C45H30N2S.C42H26N2OS/c1-2-13-34-32(11-1)33-12-3-4-14-35(33)40-25-29(21-23-36(34)40)49(30-22-24-47-41(26-30)39-17-7-10-20-46(39)51-47)31-27-42-37-15-5-8-18-44(37)50-45-19-9-6-16-38(45)43(28-31)48(42)50;1-45(2)38-15-7-3-11-30(38)31-21-19-28(26-39(31)45)46(27-20-22-43-35(23-27)34-14-6-10-18-42(34)48-43)29-24-36-32-12-4-8-16-40(32)47-41-17-9-5-13-33(41)37(25-29)44(36)47;1-5-13-36-28(9-1)34-22-27(23-35-29-10-2-6-14-37(29)44(36)42(34)35)43(25-18-20-41-33(21-25)32-12-4-8-16-40(32)46-41)26-17-19-31-30-11-3-7-15-38(30)45-39(31)24-26/h1-10,12-24,26-28,32,40H,11,25H2;3-26H,1-2H3;1-9,11-24,29H,10H2. The summed E-state index contributed by atoms with van der Waals surface area (Å²) in [5, 5.41) is 23.1. The van der Waals surface area contributed by atoms with Gasteiger partial charge in [-0.3, -0.25) is 0 Å². The van der Waals surface area contributed by atoms with Gasteiger partial charge in [-0.15, -0.1) is 34.0 Å². The molecule has 0 spiro atoms. The molecule has 0 amide bonds. The van der Waals surface area contributed by atoms with Gasteiger partial charge >= 0.3 is 0 Å². The maximum absolute atomic E-state index is 6.43. The second-order valence-electron chi connectivity index (χ2n) is 40.6. The summed E-state index contributed by atoms with van der Waals surface area (Å²) in [6.07, 6.45) is 21.7. The van der Waals surface area contributed by atoms with E-state index in [0.29, 0.717) is 17.8 Å². The van der Waals surface area contributed by atoms with Crippen LogP contribution < -0.4 is 14.7 Å². The normalized spacial score (nSPS) is 15.9. The van der Waals surface area contributed by atoms with Gasteiger partial charge in [0.1, 0.15) is 11.2 Å². The summed E-state index contributed by atoms with van der Waals surface area (Å²) in [5.41, 5.74) is 36.8. The molecule has 3 unspecified atom stereocenters. The van der Waals surface area contributed by atoms with Crippen molar-refractivity contribution < 1.29 is 4.42 Å². The molecule has 10 heterocycles. The molecule has 682 valence electrons. The van der Waals surface area contributed by atoms with Crippen molar-refractivity contribution in [1.29, 1.82) is 0 Å². The van der Waals surface area contributed by atoms with Crippen molar-refractivity contribution in [2.24, 2.45) is 0 Å². The number of aromatic nitrogens is 3. The van der Waals surface area contributed by atoms with Crippen molar-refractivity contribution in [3.8, 4) is 11.1 Å². The van der Waals surface area contributed by atoms with Crippen LogP contribution in [0.4, 0.5) is 45.5 Å². The van der Waals surface area contributed by atoms with Crippen LogP contribution in [-0.2, 0) is 5.41 Å². The van der Waals surface area contributed by atoms with Gasteiger partial charge in [0.15, 0.2) is 0 Å². The molecular weight excluding hydrogens is 1820 g/mol. The van der Waals surface area contributed by atoms with E-state index in [0.717, 1.165) is 58.3 Å². The van der Waals surface area contributed by atoms with E-state index in [9.17, 15) is 0 Å². The highest BCUT2D eigenvalue weighted by molar-refractivity contribution is 7.26. The zero-order valence-corrected chi connectivity index (χ0v) is 81.8. The maximum Gasteiger partial charge on any atom is 0.137 e. The van der Waals surface area contributed by atoms with Gasteiger partial charge in [0.25, 0.3) is 0 Å². The van der Waals surface area contributed by atoms with Gasteiger partial charge in [0.2, 0.25) is 0 Å². The number of hydrogen-bond donors (Lipinski definition) is 0. The van der Waals surface area contributed by atoms with Gasteiger partial charge in [-0.25, -0.2) is 0 Å². The maximum atomic E-state index is 6.43. The summed E-state index contributed by atoms with van der Waals surface area (Å²) in [6.45, 7) is 4.74. The van der Waals surface area contributed by atoms with E-state index in [2.05, 4.69) is 479 Å². The minimum absolute atomic E-state index is 0.0918. The van der Waals surface area contributed by atoms with Crippen molar-refractivity contribution in [2.45, 2.75) is 56.3 Å². The Morgan fingerprint density at radius 1 is 0.262 bits per heavy atom. The average Bonchev–Trinajstić information content (AvgIpc) is 1.53. The van der Waals surface area contributed by atoms with Crippen LogP contribution in [0.5, 0.6) is 0 Å². The van der Waals surface area contributed by atoms with Gasteiger partial charge < -0.3 is 32.5 Å². The lowest BCUT2D eigenvalue weighted by atomic mass is 9.66. The van der Waals surface area contributed by atoms with E-state index in [-0.39, 0.29) is 5.41 Å². The zero-order chi connectivity index (χ0) is 94.9. The summed E-state index contributed by atoms with van der Waals surface area (Å²) >= 11 is 5.61. The summed E-state index contributed by atoms with van der Waals surface area (Å²) in [7, 11) is 0. The molecule has 0 saturated heterocycles. The van der Waals surface area contributed by atoms with Gasteiger partial charge in [-0.1, -0.05) is 269 Å². The van der Waals surface area contributed by atoms with Crippen LogP contribution in [0.15, 0.2) is 464 Å². The highest BCUT2D eigenvalue weighted by Gasteiger charge is 2.41. The molecule has 0 saturated carbocycles. The Morgan fingerprint density at radius 3 is 1.21 bits per heavy atom. The molecule has 9 aromatic heterocycles. The minimum Gasteiger partial charge on any atom is -0.456 e. The molecule has 7 nitrogen and oxygen atoms in total. The first-order valence-electron chi connectivity index (χ1n) is 50.6. The molecule has 10 heteroatoms. The molecule has 28 aromatic rings. The minimum atomic E-state index is -0.0918. The quantitative estimate of drug-likeness (QED) is 0.144. The van der Waals surface area contributed by atoms with Crippen molar-refractivity contribution in [3.63, 3.8) is 0 Å². The van der Waals surface area contributed by atoms with Gasteiger partial charge in [-0.2, -0.15) is 0 Å². The highest BCUT2D eigenvalue weighted by Crippen LogP contribution is 2.59. The lowest BCUT2D eigenvalue weighted by molar-refractivity contribution is 0.660. The number of benzene rings is 19. The fourth-order valence-corrected chi connectivity index (χ4v) is 29.7. The first kappa shape index (κ1) is 81.6. The number of furan rings is 1. The Hall–Kier alpha value is -17.1. The first-order chi connectivity index (χ1) is 71.7. The number of rotatable bonds is 9. The fourth-order valence-electron chi connectivity index (χ4n) is 26.5. The largest absolute Gasteiger partial charge is 0.456 e. The summed E-state index contributed by atoms with van der Waals surface area (Å²) in [4.78, 5) is 7.50. The Balaban J connectivity index is 0.0000000972. The third-order valence-electron chi connectivity index (χ3n) is 32.8. The number of nitrogens with zero attached hydrogens (tertiary/aromatic N) is 6. The Morgan fingerprint density at radius 2 is 0.648 bits per heavy atom. The van der Waals surface area contributed by atoms with Crippen LogP contribution in [0, 0.1) is 0 Å². The second-order valence-corrected chi connectivity index (χ2v) is 43.9. The molecule has 6 aliphatic rings. The Labute approximate surface area is 846 Å². The molecule has 1 aliphatic heterocycles. The van der Waals surface area contributed by atoms with E-state index >= 15 is 0 Å². The van der Waals surface area contributed by atoms with Crippen LogP contribution in [0.2, 0.25) is 0 Å². The van der Waals surface area contributed by atoms with Gasteiger partial charge in [-0.05, 0) is 251 Å².